The van der Waals surface area contributed by atoms with Crippen molar-refractivity contribution in [1.29, 1.82) is 0 Å². The number of benzene rings is 2. The molecule has 0 spiro atoms. The van der Waals surface area contributed by atoms with Gasteiger partial charge in [-0.2, -0.15) is 4.98 Å². The molecule has 1 aliphatic heterocycles. The Kier molecular flexibility index (Phi) is 6.77. The Hall–Kier alpha value is -3.32. The largest absolute Gasteiger partial charge is 0.480 e. The zero-order chi connectivity index (χ0) is 24.4. The van der Waals surface area contributed by atoms with E-state index in [1.54, 1.807) is 0 Å². The summed E-state index contributed by atoms with van der Waals surface area (Å²) in [6.07, 6.45) is 6.08. The van der Waals surface area contributed by atoms with Gasteiger partial charge in [0.05, 0.1) is 5.52 Å². The first kappa shape index (κ1) is 23.4. The highest BCUT2D eigenvalue weighted by molar-refractivity contribution is 6.30. The van der Waals surface area contributed by atoms with E-state index in [1.165, 1.54) is 0 Å². The number of nitrogens with zero attached hydrogens (tertiary/aromatic N) is 3. The van der Waals surface area contributed by atoms with Gasteiger partial charge in [-0.25, -0.2) is 4.98 Å². The monoisotopic (exact) mass is 491 g/mol. The van der Waals surface area contributed by atoms with Gasteiger partial charge in [-0.05, 0) is 61.6 Å². The van der Waals surface area contributed by atoms with Gasteiger partial charge in [0.25, 0.3) is 5.91 Å². The fraction of sp³-hybridized carbons (Fsp3) is 0.370. The summed E-state index contributed by atoms with van der Waals surface area (Å²) in [5.74, 6) is 1.83. The van der Waals surface area contributed by atoms with Crippen LogP contribution in [0.1, 0.15) is 43.8 Å². The quantitative estimate of drug-likeness (QED) is 0.491. The third-order valence-electron chi connectivity index (χ3n) is 6.65. The van der Waals surface area contributed by atoms with Crippen molar-refractivity contribution < 1.29 is 9.53 Å². The van der Waals surface area contributed by atoms with Crippen LogP contribution >= 0.6 is 11.6 Å². The number of halogens is 1. The Morgan fingerprint density at radius 2 is 1.71 bits per heavy atom. The zero-order valence-electron chi connectivity index (χ0n) is 20.0. The molecule has 1 saturated carbocycles. The molecule has 1 unspecified atom stereocenters. The Morgan fingerprint density at radius 1 is 1.00 bits per heavy atom. The van der Waals surface area contributed by atoms with E-state index in [0.717, 1.165) is 48.0 Å². The van der Waals surface area contributed by atoms with Gasteiger partial charge in [-0.1, -0.05) is 35.9 Å². The molecule has 0 saturated heterocycles. The molecular formula is C27H30ClN5O2. The van der Waals surface area contributed by atoms with E-state index in [2.05, 4.69) is 10.6 Å². The smallest absolute Gasteiger partial charge is 0.286 e. The number of carbonyl (C=O) groups is 1. The van der Waals surface area contributed by atoms with Crippen molar-refractivity contribution in [3.63, 3.8) is 0 Å². The Labute approximate surface area is 210 Å². The third kappa shape index (κ3) is 5.35. The molecule has 3 aromatic rings. The van der Waals surface area contributed by atoms with Crippen LogP contribution in [0.2, 0.25) is 5.02 Å². The highest BCUT2D eigenvalue weighted by Gasteiger charge is 2.28. The molecule has 7 nitrogen and oxygen atoms in total. The molecule has 1 atom stereocenters. The van der Waals surface area contributed by atoms with Gasteiger partial charge < -0.3 is 20.3 Å². The van der Waals surface area contributed by atoms with Crippen molar-refractivity contribution >= 4 is 40.2 Å². The van der Waals surface area contributed by atoms with Gasteiger partial charge in [0.1, 0.15) is 11.9 Å². The van der Waals surface area contributed by atoms with Crippen molar-refractivity contribution in [3.05, 3.63) is 71.0 Å². The number of anilines is 2. The molecule has 2 aliphatic rings. The Morgan fingerprint density at radius 3 is 2.46 bits per heavy atom. The van der Waals surface area contributed by atoms with Crippen LogP contribution in [0.25, 0.3) is 10.9 Å². The third-order valence-corrected chi connectivity index (χ3v) is 6.91. The van der Waals surface area contributed by atoms with Crippen LogP contribution in [0.4, 0.5) is 11.8 Å². The summed E-state index contributed by atoms with van der Waals surface area (Å²) >= 11 is 5.97. The highest BCUT2D eigenvalue weighted by atomic mass is 35.5. The van der Waals surface area contributed by atoms with E-state index in [4.69, 9.17) is 26.3 Å². The van der Waals surface area contributed by atoms with Crippen LogP contribution in [0.3, 0.4) is 0 Å². The summed E-state index contributed by atoms with van der Waals surface area (Å²) in [6, 6.07) is 16.0. The number of carbonyl (C=O) groups excluding carboxylic acids is 1. The lowest BCUT2D eigenvalue weighted by molar-refractivity contribution is -0.122. The van der Waals surface area contributed by atoms with E-state index in [0.29, 0.717) is 23.2 Å². The molecule has 5 rings (SSSR count). The second-order valence-electron chi connectivity index (χ2n) is 9.41. The number of hydrogen-bond donors (Lipinski definition) is 2. The fourth-order valence-corrected chi connectivity index (χ4v) is 4.90. The number of ether oxygens (including phenoxy) is 1. The predicted molar refractivity (Wildman–Crippen MR) is 140 cm³/mol. The second kappa shape index (κ2) is 10.1. The Balaban J connectivity index is 1.13. The molecule has 182 valence electrons. The maximum Gasteiger partial charge on any atom is 0.286 e. The van der Waals surface area contributed by atoms with Gasteiger partial charge >= 0.3 is 0 Å². The number of para-hydroxylation sites is 1. The maximum atomic E-state index is 12.8. The minimum atomic E-state index is -0.137. The van der Waals surface area contributed by atoms with Crippen LogP contribution in [-0.2, 0) is 9.53 Å². The lowest BCUT2D eigenvalue weighted by atomic mass is 9.91. The first-order valence-electron chi connectivity index (χ1n) is 12.1. The zero-order valence-corrected chi connectivity index (χ0v) is 20.8. The fourth-order valence-electron chi connectivity index (χ4n) is 4.78. The molecule has 0 radical (unpaired) electrons. The average Bonchev–Trinajstić information content (AvgIpc) is 3.36. The van der Waals surface area contributed by atoms with Gasteiger partial charge in [-0.3, -0.25) is 4.79 Å². The van der Waals surface area contributed by atoms with Gasteiger partial charge in [0.15, 0.2) is 5.76 Å². The standard InChI is InChI=1S/C27H30ClN5O2/c1-33(2)25-21-5-3-4-6-22(21)31-27(32-25)30-20-13-11-19(12-14-20)29-26(34)24-16-15-23(35-24)17-7-9-18(28)10-8-17/h3-10,16,19-20,23H,11-15H2,1-2H3,(H,29,34)(H,30,31,32). The molecule has 35 heavy (non-hydrogen) atoms. The van der Waals surface area contributed by atoms with Crippen molar-refractivity contribution in [1.82, 2.24) is 15.3 Å². The van der Waals surface area contributed by atoms with Crippen LogP contribution < -0.4 is 15.5 Å². The van der Waals surface area contributed by atoms with Crippen LogP contribution in [0, 0.1) is 0 Å². The minimum absolute atomic E-state index is 0.133. The molecule has 0 bridgehead atoms. The van der Waals surface area contributed by atoms with Crippen LogP contribution in [-0.4, -0.2) is 42.1 Å². The molecule has 1 amide bonds. The van der Waals surface area contributed by atoms with E-state index in [9.17, 15) is 4.79 Å². The highest BCUT2D eigenvalue weighted by Crippen LogP contribution is 2.32. The van der Waals surface area contributed by atoms with Crippen molar-refractivity contribution in [2.45, 2.75) is 50.3 Å². The first-order valence-corrected chi connectivity index (χ1v) is 12.5. The van der Waals surface area contributed by atoms with Gasteiger partial charge in [0, 0.05) is 43.0 Å². The van der Waals surface area contributed by atoms with Crippen LogP contribution in [0.5, 0.6) is 0 Å². The lowest BCUT2D eigenvalue weighted by Gasteiger charge is -2.30. The summed E-state index contributed by atoms with van der Waals surface area (Å²) in [7, 11) is 3.99. The molecule has 2 aromatic carbocycles. The van der Waals surface area contributed by atoms with Gasteiger partial charge in [-0.15, -0.1) is 0 Å². The topological polar surface area (TPSA) is 79.4 Å². The molecule has 8 heteroatoms. The predicted octanol–water partition coefficient (Wildman–Crippen LogP) is 5.23. The van der Waals surface area contributed by atoms with Crippen molar-refractivity contribution in [3.8, 4) is 0 Å². The number of fused-ring (bicyclic) bond motifs is 1. The summed E-state index contributed by atoms with van der Waals surface area (Å²) in [4.78, 5) is 24.3. The van der Waals surface area contributed by atoms with Crippen LogP contribution in [0.15, 0.2) is 60.4 Å². The van der Waals surface area contributed by atoms with E-state index >= 15 is 0 Å². The minimum Gasteiger partial charge on any atom is -0.480 e. The number of rotatable bonds is 6. The van der Waals surface area contributed by atoms with E-state index in [1.807, 2.05) is 73.6 Å². The van der Waals surface area contributed by atoms with E-state index in [-0.39, 0.29) is 24.1 Å². The number of nitrogens with one attached hydrogen (secondary N) is 2. The average molecular weight is 492 g/mol. The van der Waals surface area contributed by atoms with Crippen molar-refractivity contribution in [2.75, 3.05) is 24.3 Å². The summed E-state index contributed by atoms with van der Waals surface area (Å²) in [5, 5.41) is 8.40. The lowest BCUT2D eigenvalue weighted by Crippen LogP contribution is -2.41. The molecule has 2 N–H and O–H groups in total. The van der Waals surface area contributed by atoms with Crippen molar-refractivity contribution in [2.24, 2.45) is 0 Å². The van der Waals surface area contributed by atoms with Gasteiger partial charge in [0.2, 0.25) is 5.95 Å². The number of aromatic nitrogens is 2. The van der Waals surface area contributed by atoms with E-state index < -0.39 is 0 Å². The summed E-state index contributed by atoms with van der Waals surface area (Å²) in [6.45, 7) is 0. The SMILES string of the molecule is CN(C)c1nc(NC2CCC(NC(=O)C3=CCC(c4ccc(Cl)cc4)O3)CC2)nc2ccccc12. The molecule has 1 aliphatic carbocycles. The molecule has 1 aromatic heterocycles. The summed E-state index contributed by atoms with van der Waals surface area (Å²) in [5.41, 5.74) is 1.95. The summed E-state index contributed by atoms with van der Waals surface area (Å²) < 4.78 is 5.93. The number of amides is 1. The normalized spacial score (nSPS) is 21.8. The molecular weight excluding hydrogens is 462 g/mol. The molecule has 2 heterocycles. The maximum absolute atomic E-state index is 12.8. The molecule has 1 fully saturated rings. The second-order valence-corrected chi connectivity index (χ2v) is 9.85. The number of hydrogen-bond acceptors (Lipinski definition) is 6. The first-order chi connectivity index (χ1) is 17.0. The Bertz CT molecular complexity index is 1240.